The van der Waals surface area contributed by atoms with E-state index in [0.717, 1.165) is 0 Å². The molecule has 0 unspecified atom stereocenters. The third kappa shape index (κ3) is 2.18. The Morgan fingerprint density at radius 3 is 2.79 bits per heavy atom. The summed E-state index contributed by atoms with van der Waals surface area (Å²) in [5.41, 5.74) is -0.361. The normalized spacial score (nSPS) is 10.5. The molecule has 5 nitrogen and oxygen atoms in total. The number of H-pyrrole nitrogens is 1. The number of hydrogen-bond donors (Lipinski definition) is 2. The summed E-state index contributed by atoms with van der Waals surface area (Å²) in [6.45, 7) is 3.90. The Balaban J connectivity index is 3.22. The average Bonchev–Trinajstić information content (AvgIpc) is 2.01. The molecule has 0 amide bonds. The lowest BCUT2D eigenvalue weighted by Gasteiger charge is -2.06. The van der Waals surface area contributed by atoms with Crippen molar-refractivity contribution in [2.45, 2.75) is 20.3 Å². The summed E-state index contributed by atoms with van der Waals surface area (Å²) in [6.07, 6.45) is 1.93. The fourth-order valence-corrected chi connectivity index (χ4v) is 1.26. The lowest BCUT2D eigenvalue weighted by atomic mass is 10.0. The molecular weight excluding hydrogens is 184 g/mol. The van der Waals surface area contributed by atoms with Crippen molar-refractivity contribution in [1.29, 1.82) is 0 Å². The molecule has 0 aliphatic rings. The van der Waals surface area contributed by atoms with Crippen LogP contribution in [0, 0.1) is 5.92 Å². The summed E-state index contributed by atoms with van der Waals surface area (Å²) in [5.74, 6) is -0.916. The monoisotopic (exact) mass is 196 g/mol. The summed E-state index contributed by atoms with van der Waals surface area (Å²) in [5, 5.41) is 14.5. The van der Waals surface area contributed by atoms with Crippen LogP contribution in [0.5, 0.6) is 0 Å². The van der Waals surface area contributed by atoms with Crippen LogP contribution in [-0.4, -0.2) is 21.3 Å². The summed E-state index contributed by atoms with van der Waals surface area (Å²) < 4.78 is 0. The number of carbonyl (C=O) groups is 1. The van der Waals surface area contributed by atoms with Gasteiger partial charge in [0.25, 0.3) is 5.56 Å². The van der Waals surface area contributed by atoms with Crippen LogP contribution in [0.1, 0.15) is 29.8 Å². The smallest absolute Gasteiger partial charge is 0.341 e. The molecule has 0 spiro atoms. The molecule has 5 heteroatoms. The van der Waals surface area contributed by atoms with Gasteiger partial charge in [0.1, 0.15) is 5.56 Å². The molecule has 1 rings (SSSR count). The highest BCUT2D eigenvalue weighted by molar-refractivity contribution is 5.88. The highest BCUT2D eigenvalue weighted by Gasteiger charge is 2.15. The van der Waals surface area contributed by atoms with Crippen molar-refractivity contribution in [1.82, 2.24) is 10.2 Å². The van der Waals surface area contributed by atoms with Gasteiger partial charge in [-0.1, -0.05) is 13.8 Å². The second-order valence-corrected chi connectivity index (χ2v) is 3.50. The minimum absolute atomic E-state index is 0.200. The Labute approximate surface area is 80.8 Å². The number of rotatable bonds is 3. The van der Waals surface area contributed by atoms with E-state index in [9.17, 15) is 9.59 Å². The molecule has 0 fully saturated rings. The average molecular weight is 196 g/mol. The molecule has 0 radical (unpaired) electrons. The molecule has 0 bridgehead atoms. The van der Waals surface area contributed by atoms with Crippen molar-refractivity contribution in [2.75, 3.05) is 0 Å². The molecule has 0 aliphatic carbocycles. The molecule has 2 N–H and O–H groups in total. The van der Waals surface area contributed by atoms with Crippen LogP contribution < -0.4 is 5.56 Å². The van der Waals surface area contributed by atoms with E-state index in [1.807, 2.05) is 13.8 Å². The number of carboxylic acids is 1. The van der Waals surface area contributed by atoms with Gasteiger partial charge in [0, 0.05) is 0 Å². The molecule has 0 saturated carbocycles. The van der Waals surface area contributed by atoms with Gasteiger partial charge in [0.05, 0.1) is 6.20 Å². The summed E-state index contributed by atoms with van der Waals surface area (Å²) in [7, 11) is 0. The van der Waals surface area contributed by atoms with E-state index in [1.165, 1.54) is 6.20 Å². The van der Waals surface area contributed by atoms with Crippen molar-refractivity contribution in [2.24, 2.45) is 5.92 Å². The van der Waals surface area contributed by atoms with Crippen molar-refractivity contribution >= 4 is 5.97 Å². The largest absolute Gasteiger partial charge is 0.477 e. The van der Waals surface area contributed by atoms with Crippen molar-refractivity contribution in [3.63, 3.8) is 0 Å². The topological polar surface area (TPSA) is 83.0 Å². The number of aromatic amines is 1. The zero-order valence-corrected chi connectivity index (χ0v) is 8.07. The van der Waals surface area contributed by atoms with Gasteiger partial charge in [-0.25, -0.2) is 9.89 Å². The van der Waals surface area contributed by atoms with Crippen LogP contribution in [0.25, 0.3) is 0 Å². The fourth-order valence-electron chi connectivity index (χ4n) is 1.26. The number of hydrogen-bond acceptors (Lipinski definition) is 3. The Bertz CT molecular complexity index is 395. The van der Waals surface area contributed by atoms with Gasteiger partial charge >= 0.3 is 5.97 Å². The second-order valence-electron chi connectivity index (χ2n) is 3.50. The van der Waals surface area contributed by atoms with Crippen molar-refractivity contribution in [3.05, 3.63) is 27.7 Å². The third-order valence-corrected chi connectivity index (χ3v) is 1.78. The standard InChI is InChI=1S/C9H12N2O3/c1-5(2)3-6-4-10-11-8(12)7(6)9(13)14/h4-5H,3H2,1-2H3,(H,11,12)(H,13,14). The summed E-state index contributed by atoms with van der Waals surface area (Å²) in [4.78, 5) is 21.9. The van der Waals surface area contributed by atoms with E-state index in [1.54, 1.807) is 0 Å². The minimum Gasteiger partial charge on any atom is -0.477 e. The highest BCUT2D eigenvalue weighted by atomic mass is 16.4. The van der Waals surface area contributed by atoms with E-state index in [4.69, 9.17) is 5.11 Å². The Morgan fingerprint density at radius 1 is 1.64 bits per heavy atom. The Hall–Kier alpha value is -1.65. The maximum Gasteiger partial charge on any atom is 0.341 e. The molecule has 0 saturated heterocycles. The van der Waals surface area contributed by atoms with Crippen LogP contribution in [0.4, 0.5) is 0 Å². The minimum atomic E-state index is -1.20. The van der Waals surface area contributed by atoms with Crippen molar-refractivity contribution in [3.8, 4) is 0 Å². The van der Waals surface area contributed by atoms with E-state index >= 15 is 0 Å². The Morgan fingerprint density at radius 2 is 2.29 bits per heavy atom. The number of carboxylic acid groups (broad SMARTS) is 1. The van der Waals surface area contributed by atoms with Gasteiger partial charge < -0.3 is 5.11 Å². The lowest BCUT2D eigenvalue weighted by molar-refractivity contribution is 0.0693. The van der Waals surface area contributed by atoms with Gasteiger partial charge in [-0.3, -0.25) is 4.79 Å². The van der Waals surface area contributed by atoms with Crippen LogP contribution in [0.2, 0.25) is 0 Å². The molecule has 0 atom stereocenters. The molecule has 1 aromatic rings. The molecule has 14 heavy (non-hydrogen) atoms. The zero-order valence-electron chi connectivity index (χ0n) is 8.07. The van der Waals surface area contributed by atoms with Gasteiger partial charge in [0.15, 0.2) is 0 Å². The maximum atomic E-state index is 11.2. The van der Waals surface area contributed by atoms with Gasteiger partial charge in [0.2, 0.25) is 0 Å². The van der Waals surface area contributed by atoms with Crippen LogP contribution in [0.15, 0.2) is 11.0 Å². The second kappa shape index (κ2) is 4.04. The van der Waals surface area contributed by atoms with E-state index in [-0.39, 0.29) is 11.5 Å². The predicted octanol–water partition coefficient (Wildman–Crippen LogP) is 0.667. The van der Waals surface area contributed by atoms with E-state index in [2.05, 4.69) is 10.2 Å². The van der Waals surface area contributed by atoms with Crippen LogP contribution in [0.3, 0.4) is 0 Å². The molecule has 0 aromatic carbocycles. The van der Waals surface area contributed by atoms with Crippen molar-refractivity contribution < 1.29 is 9.90 Å². The molecule has 76 valence electrons. The predicted molar refractivity (Wildman–Crippen MR) is 50.4 cm³/mol. The summed E-state index contributed by atoms with van der Waals surface area (Å²) in [6, 6.07) is 0. The lowest BCUT2D eigenvalue weighted by Crippen LogP contribution is -2.22. The maximum absolute atomic E-state index is 11.2. The highest BCUT2D eigenvalue weighted by Crippen LogP contribution is 2.08. The molecule has 1 aromatic heterocycles. The first-order chi connectivity index (χ1) is 6.52. The number of nitrogens with zero attached hydrogens (tertiary/aromatic N) is 1. The summed E-state index contributed by atoms with van der Waals surface area (Å²) >= 11 is 0. The van der Waals surface area contributed by atoms with Gasteiger partial charge in [-0.15, -0.1) is 0 Å². The van der Waals surface area contributed by atoms with Crippen LogP contribution in [-0.2, 0) is 6.42 Å². The molecular formula is C9H12N2O3. The molecule has 1 heterocycles. The quantitative estimate of drug-likeness (QED) is 0.744. The van der Waals surface area contributed by atoms with Crippen LogP contribution >= 0.6 is 0 Å². The first-order valence-electron chi connectivity index (χ1n) is 4.32. The molecule has 0 aliphatic heterocycles. The number of aromatic nitrogens is 2. The number of nitrogens with one attached hydrogen (secondary N) is 1. The van der Waals surface area contributed by atoms with Gasteiger partial charge in [-0.05, 0) is 17.9 Å². The number of aromatic carboxylic acids is 1. The zero-order chi connectivity index (χ0) is 10.7. The Kier molecular flexibility index (Phi) is 3.01. The van der Waals surface area contributed by atoms with E-state index < -0.39 is 11.5 Å². The first kappa shape index (κ1) is 10.4. The van der Waals surface area contributed by atoms with Gasteiger partial charge in [-0.2, -0.15) is 5.10 Å². The van der Waals surface area contributed by atoms with E-state index in [0.29, 0.717) is 12.0 Å². The SMILES string of the molecule is CC(C)Cc1cn[nH]c(=O)c1C(=O)O. The fraction of sp³-hybridized carbons (Fsp3) is 0.444. The third-order valence-electron chi connectivity index (χ3n) is 1.78. The first-order valence-corrected chi connectivity index (χ1v) is 4.32.